The highest BCUT2D eigenvalue weighted by Gasteiger charge is 2.30. The second-order valence-corrected chi connectivity index (χ2v) is 5.93. The lowest BCUT2D eigenvalue weighted by molar-refractivity contribution is -0.384. The van der Waals surface area contributed by atoms with E-state index in [2.05, 4.69) is 28.2 Å². The smallest absolute Gasteiger partial charge is 0.270 e. The molecule has 0 spiro atoms. The summed E-state index contributed by atoms with van der Waals surface area (Å²) in [6, 6.07) is 5.62. The summed E-state index contributed by atoms with van der Waals surface area (Å²) in [5, 5.41) is 14.2. The molecule has 5 heteroatoms. The van der Waals surface area contributed by atoms with E-state index in [0.717, 1.165) is 35.3 Å². The maximum Gasteiger partial charge on any atom is 0.270 e. The van der Waals surface area contributed by atoms with Crippen LogP contribution in [0.2, 0.25) is 0 Å². The van der Waals surface area contributed by atoms with Gasteiger partial charge in [0, 0.05) is 22.6 Å². The minimum absolute atomic E-state index is 0.140. The highest BCUT2D eigenvalue weighted by atomic mass is 79.9. The summed E-state index contributed by atoms with van der Waals surface area (Å²) >= 11 is 3.43. The van der Waals surface area contributed by atoms with Gasteiger partial charge in [0.1, 0.15) is 0 Å². The first-order valence-corrected chi connectivity index (χ1v) is 7.57. The highest BCUT2D eigenvalue weighted by Crippen LogP contribution is 2.35. The van der Waals surface area contributed by atoms with Gasteiger partial charge in [0.25, 0.3) is 5.69 Å². The van der Waals surface area contributed by atoms with Gasteiger partial charge in [0.05, 0.1) is 4.92 Å². The van der Waals surface area contributed by atoms with Gasteiger partial charge in [-0.15, -0.1) is 0 Å². The molecule has 0 amide bonds. The Balaban J connectivity index is 1.96. The predicted molar refractivity (Wildman–Crippen MR) is 79.3 cm³/mol. The molecule has 0 aromatic heterocycles. The van der Waals surface area contributed by atoms with Crippen LogP contribution in [0, 0.1) is 16.0 Å². The predicted octanol–water partition coefficient (Wildman–Crippen LogP) is 3.68. The first-order chi connectivity index (χ1) is 9.11. The van der Waals surface area contributed by atoms with Gasteiger partial charge in [-0.1, -0.05) is 28.9 Å². The van der Waals surface area contributed by atoms with E-state index in [-0.39, 0.29) is 10.6 Å². The van der Waals surface area contributed by atoms with Crippen molar-refractivity contribution in [3.05, 3.63) is 38.3 Å². The largest absolute Gasteiger partial charge is 0.314 e. The molecule has 1 saturated carbocycles. The number of nitrogens with one attached hydrogen (secondary N) is 1. The summed E-state index contributed by atoms with van der Waals surface area (Å²) in [4.78, 5) is 10.3. The normalized spacial score (nSPS) is 16.3. The fourth-order valence-electron chi connectivity index (χ4n) is 2.43. The van der Waals surface area contributed by atoms with Crippen LogP contribution >= 0.6 is 15.9 Å². The summed E-state index contributed by atoms with van der Waals surface area (Å²) in [7, 11) is 0. The molecule has 19 heavy (non-hydrogen) atoms. The van der Waals surface area contributed by atoms with Crippen molar-refractivity contribution in [1.82, 2.24) is 5.32 Å². The summed E-state index contributed by atoms with van der Waals surface area (Å²) < 4.78 is 0.841. The highest BCUT2D eigenvalue weighted by molar-refractivity contribution is 9.10. The van der Waals surface area contributed by atoms with Gasteiger partial charge >= 0.3 is 0 Å². The van der Waals surface area contributed by atoms with Crippen LogP contribution in [0.3, 0.4) is 0 Å². The number of nitro benzene ring substituents is 1. The standard InChI is InChI=1S/C14H19BrN2O2/c1-2-16-14(11-3-4-11)8-6-10-5-7-12(17(18)19)9-13(10)15/h5,7,9,11,14,16H,2-4,6,8H2,1H3. The second kappa shape index (κ2) is 6.48. The minimum atomic E-state index is -0.361. The lowest BCUT2D eigenvalue weighted by Gasteiger charge is -2.17. The summed E-state index contributed by atoms with van der Waals surface area (Å²) in [6.07, 6.45) is 4.71. The maximum atomic E-state index is 10.7. The number of benzene rings is 1. The van der Waals surface area contributed by atoms with Crippen LogP contribution in [-0.2, 0) is 6.42 Å². The lowest BCUT2D eigenvalue weighted by atomic mass is 10.0. The second-order valence-electron chi connectivity index (χ2n) is 5.07. The van der Waals surface area contributed by atoms with E-state index in [1.807, 2.05) is 6.07 Å². The number of hydrogen-bond donors (Lipinski definition) is 1. The number of halogens is 1. The molecule has 1 N–H and O–H groups in total. The summed E-state index contributed by atoms with van der Waals surface area (Å²) in [6.45, 7) is 3.14. The molecule has 0 radical (unpaired) electrons. The number of hydrogen-bond acceptors (Lipinski definition) is 3. The van der Waals surface area contributed by atoms with E-state index in [4.69, 9.17) is 0 Å². The van der Waals surface area contributed by atoms with E-state index in [1.54, 1.807) is 12.1 Å². The van der Waals surface area contributed by atoms with Gasteiger partial charge in [-0.25, -0.2) is 0 Å². The molecule has 1 aliphatic carbocycles. The van der Waals surface area contributed by atoms with Crippen molar-refractivity contribution < 1.29 is 4.92 Å². The quantitative estimate of drug-likeness (QED) is 0.614. The Labute approximate surface area is 121 Å². The zero-order chi connectivity index (χ0) is 13.8. The van der Waals surface area contributed by atoms with E-state index in [1.165, 1.54) is 12.8 Å². The third kappa shape index (κ3) is 4.01. The zero-order valence-corrected chi connectivity index (χ0v) is 12.6. The van der Waals surface area contributed by atoms with Crippen LogP contribution in [-0.4, -0.2) is 17.5 Å². The zero-order valence-electron chi connectivity index (χ0n) is 11.1. The molecular weight excluding hydrogens is 308 g/mol. The van der Waals surface area contributed by atoms with Gasteiger partial charge in [0.2, 0.25) is 0 Å². The first-order valence-electron chi connectivity index (χ1n) is 6.78. The van der Waals surface area contributed by atoms with E-state index >= 15 is 0 Å². The Morgan fingerprint density at radius 2 is 2.26 bits per heavy atom. The van der Waals surface area contributed by atoms with E-state index < -0.39 is 0 Å². The average Bonchev–Trinajstić information content (AvgIpc) is 3.19. The van der Waals surface area contributed by atoms with Crippen molar-refractivity contribution in [3.63, 3.8) is 0 Å². The third-order valence-corrected chi connectivity index (χ3v) is 4.37. The molecule has 0 heterocycles. The maximum absolute atomic E-state index is 10.7. The van der Waals surface area contributed by atoms with E-state index in [9.17, 15) is 10.1 Å². The summed E-state index contributed by atoms with van der Waals surface area (Å²) in [5.41, 5.74) is 1.29. The SMILES string of the molecule is CCNC(CCc1ccc([N+](=O)[O-])cc1Br)C1CC1. The van der Waals surface area contributed by atoms with Crippen molar-refractivity contribution >= 4 is 21.6 Å². The number of nitro groups is 1. The fraction of sp³-hybridized carbons (Fsp3) is 0.571. The minimum Gasteiger partial charge on any atom is -0.314 e. The van der Waals surface area contributed by atoms with Gasteiger partial charge in [0.15, 0.2) is 0 Å². The molecule has 1 aromatic rings. The first kappa shape index (κ1) is 14.5. The molecule has 104 valence electrons. The van der Waals surface area contributed by atoms with Crippen molar-refractivity contribution in [2.24, 2.45) is 5.92 Å². The van der Waals surface area contributed by atoms with Crippen LogP contribution in [0.4, 0.5) is 5.69 Å². The summed E-state index contributed by atoms with van der Waals surface area (Å²) in [5.74, 6) is 0.830. The molecule has 2 rings (SSSR count). The average molecular weight is 327 g/mol. The molecule has 0 bridgehead atoms. The molecule has 1 aromatic carbocycles. The molecular formula is C14H19BrN2O2. The Morgan fingerprint density at radius 3 is 2.79 bits per heavy atom. The fourth-order valence-corrected chi connectivity index (χ4v) is 2.99. The molecule has 0 saturated heterocycles. The van der Waals surface area contributed by atoms with Crippen LogP contribution in [0.15, 0.2) is 22.7 Å². The molecule has 1 aliphatic rings. The van der Waals surface area contributed by atoms with Gasteiger partial charge in [-0.2, -0.15) is 0 Å². The van der Waals surface area contributed by atoms with Crippen LogP contribution < -0.4 is 5.32 Å². The Bertz CT molecular complexity index is 461. The monoisotopic (exact) mass is 326 g/mol. The molecule has 1 atom stereocenters. The lowest BCUT2D eigenvalue weighted by Crippen LogP contribution is -2.31. The molecule has 1 fully saturated rings. The molecule has 0 aliphatic heterocycles. The number of rotatable bonds is 7. The van der Waals surface area contributed by atoms with E-state index in [0.29, 0.717) is 6.04 Å². The van der Waals surface area contributed by atoms with Crippen molar-refractivity contribution in [2.75, 3.05) is 6.54 Å². The Morgan fingerprint density at radius 1 is 1.53 bits per heavy atom. The number of nitrogens with zero attached hydrogens (tertiary/aromatic N) is 1. The Kier molecular flexibility index (Phi) is 4.93. The van der Waals surface area contributed by atoms with Crippen molar-refractivity contribution in [1.29, 1.82) is 0 Å². The van der Waals surface area contributed by atoms with Gasteiger partial charge in [-0.3, -0.25) is 10.1 Å². The number of aryl methyl sites for hydroxylation is 1. The van der Waals surface area contributed by atoms with Gasteiger partial charge in [-0.05, 0) is 43.7 Å². The van der Waals surface area contributed by atoms with Gasteiger partial charge < -0.3 is 5.32 Å². The van der Waals surface area contributed by atoms with Crippen molar-refractivity contribution in [3.8, 4) is 0 Å². The van der Waals surface area contributed by atoms with Crippen LogP contribution in [0.5, 0.6) is 0 Å². The third-order valence-electron chi connectivity index (χ3n) is 3.63. The van der Waals surface area contributed by atoms with Crippen molar-refractivity contribution in [2.45, 2.75) is 38.6 Å². The topological polar surface area (TPSA) is 55.2 Å². The molecule has 1 unspecified atom stereocenters. The Hall–Kier alpha value is -0.940. The van der Waals surface area contributed by atoms with Crippen LogP contribution in [0.25, 0.3) is 0 Å². The number of non-ortho nitro benzene ring substituents is 1. The van der Waals surface area contributed by atoms with Crippen LogP contribution in [0.1, 0.15) is 31.7 Å². The molecule has 4 nitrogen and oxygen atoms in total.